The summed E-state index contributed by atoms with van der Waals surface area (Å²) >= 11 is 0. The fourth-order valence-electron chi connectivity index (χ4n) is 4.37. The molecule has 4 rings (SSSR count). The van der Waals surface area contributed by atoms with Gasteiger partial charge in [-0.15, -0.1) is 0 Å². The molecule has 1 atom stereocenters. The molecule has 0 saturated carbocycles. The number of alkyl halides is 6. The number of hydrogen-bond acceptors (Lipinski definition) is 1. The molecule has 0 fully saturated rings. The Hall–Kier alpha value is -4.35. The van der Waals surface area contributed by atoms with Gasteiger partial charge in [0.05, 0.1) is 16.7 Å². The Kier molecular flexibility index (Phi) is 7.88. The number of amides is 1. The second-order valence-electron chi connectivity index (χ2n) is 9.07. The van der Waals surface area contributed by atoms with Crippen LogP contribution in [0.4, 0.5) is 43.9 Å². The van der Waals surface area contributed by atoms with Crippen molar-refractivity contribution in [2.75, 3.05) is 0 Å². The topological polar surface area (TPSA) is 29.1 Å². The van der Waals surface area contributed by atoms with Crippen molar-refractivity contribution < 1.29 is 48.7 Å². The Morgan fingerprint density at radius 1 is 0.610 bits per heavy atom. The third-order valence-electron chi connectivity index (χ3n) is 6.30. The maximum absolute atomic E-state index is 14.7. The van der Waals surface area contributed by atoms with E-state index in [9.17, 15) is 48.7 Å². The van der Waals surface area contributed by atoms with Gasteiger partial charge < -0.3 is 5.32 Å². The van der Waals surface area contributed by atoms with Gasteiger partial charge in [0.2, 0.25) is 0 Å². The highest BCUT2D eigenvalue weighted by atomic mass is 19.4. The summed E-state index contributed by atoms with van der Waals surface area (Å²) in [4.78, 5) is 13.4. The van der Waals surface area contributed by atoms with E-state index in [-0.39, 0.29) is 17.7 Å². The minimum Gasteiger partial charge on any atom is -0.338 e. The summed E-state index contributed by atoms with van der Waals surface area (Å²) in [6, 6.07) is 12.3. The molecular formula is C29H17F10NO. The average molecular weight is 585 g/mol. The van der Waals surface area contributed by atoms with Crippen molar-refractivity contribution in [2.24, 2.45) is 0 Å². The number of halogens is 10. The monoisotopic (exact) mass is 585 g/mol. The summed E-state index contributed by atoms with van der Waals surface area (Å²) in [5.41, 5.74) is -6.96. The molecule has 214 valence electrons. The molecule has 0 saturated heterocycles. The molecule has 12 heteroatoms. The quantitative estimate of drug-likeness (QED) is 0.227. The minimum atomic E-state index is -5.20. The molecule has 0 aliphatic rings. The van der Waals surface area contributed by atoms with E-state index < -0.39 is 75.7 Å². The van der Waals surface area contributed by atoms with Crippen molar-refractivity contribution in [3.8, 4) is 0 Å². The number of nitrogens with one attached hydrogen (secondary N) is 1. The molecular weight excluding hydrogens is 568 g/mol. The fourth-order valence-corrected chi connectivity index (χ4v) is 4.37. The van der Waals surface area contributed by atoms with Crippen LogP contribution in [0.3, 0.4) is 0 Å². The first kappa shape index (κ1) is 29.6. The Labute approximate surface area is 226 Å². The minimum absolute atomic E-state index is 0.180. The van der Waals surface area contributed by atoms with E-state index in [0.29, 0.717) is 42.0 Å². The third kappa shape index (κ3) is 6.36. The molecule has 0 radical (unpaired) electrons. The van der Waals surface area contributed by atoms with Crippen LogP contribution in [-0.2, 0) is 24.3 Å². The highest BCUT2D eigenvalue weighted by Gasteiger charge is 2.41. The van der Waals surface area contributed by atoms with Crippen LogP contribution in [0, 0.1) is 23.3 Å². The van der Waals surface area contributed by atoms with E-state index in [1.807, 2.05) is 0 Å². The summed E-state index contributed by atoms with van der Waals surface area (Å²) in [6.07, 6.45) is -10.8. The SMILES string of the molecule is O=C(N[C@](Cc1ccccc1)(c1cc(F)cc(C(F)(F)F)c1)c1ccc(F)c(F)c1)c1ccc(F)c(C(F)(F)F)c1. The summed E-state index contributed by atoms with van der Waals surface area (Å²) in [7, 11) is 0. The Morgan fingerprint density at radius 2 is 1.24 bits per heavy atom. The molecule has 41 heavy (non-hydrogen) atoms. The first-order valence-corrected chi connectivity index (χ1v) is 11.7. The summed E-state index contributed by atoms with van der Waals surface area (Å²) in [6.45, 7) is 0. The molecule has 0 aliphatic heterocycles. The van der Waals surface area contributed by atoms with Crippen molar-refractivity contribution in [3.63, 3.8) is 0 Å². The largest absolute Gasteiger partial charge is 0.419 e. The van der Waals surface area contributed by atoms with Gasteiger partial charge in [0.1, 0.15) is 11.6 Å². The van der Waals surface area contributed by atoms with Crippen LogP contribution in [-0.4, -0.2) is 5.91 Å². The molecule has 4 aromatic carbocycles. The molecule has 0 aromatic heterocycles. The van der Waals surface area contributed by atoms with Gasteiger partial charge in [0.15, 0.2) is 11.6 Å². The molecule has 0 bridgehead atoms. The van der Waals surface area contributed by atoms with Gasteiger partial charge in [-0.25, -0.2) is 17.6 Å². The van der Waals surface area contributed by atoms with Crippen molar-refractivity contribution >= 4 is 5.91 Å². The van der Waals surface area contributed by atoms with Crippen LogP contribution >= 0.6 is 0 Å². The predicted molar refractivity (Wildman–Crippen MR) is 128 cm³/mol. The van der Waals surface area contributed by atoms with E-state index in [1.165, 1.54) is 24.3 Å². The van der Waals surface area contributed by atoms with Crippen LogP contribution < -0.4 is 5.32 Å². The zero-order valence-electron chi connectivity index (χ0n) is 20.5. The van der Waals surface area contributed by atoms with Gasteiger partial charge in [0, 0.05) is 12.0 Å². The van der Waals surface area contributed by atoms with E-state index in [2.05, 4.69) is 5.32 Å². The lowest BCUT2D eigenvalue weighted by Crippen LogP contribution is -2.49. The zero-order valence-corrected chi connectivity index (χ0v) is 20.5. The van der Waals surface area contributed by atoms with E-state index in [1.54, 1.807) is 6.07 Å². The van der Waals surface area contributed by atoms with E-state index in [4.69, 9.17) is 0 Å². The highest BCUT2D eigenvalue weighted by Crippen LogP contribution is 2.39. The van der Waals surface area contributed by atoms with Crippen LogP contribution in [0.15, 0.2) is 84.9 Å². The molecule has 0 heterocycles. The predicted octanol–water partition coefficient (Wildman–Crippen LogP) is 8.20. The number of carbonyl (C=O) groups excluding carboxylic acids is 1. The Balaban J connectivity index is 2.01. The first-order valence-electron chi connectivity index (χ1n) is 11.7. The van der Waals surface area contributed by atoms with Gasteiger partial charge in [-0.1, -0.05) is 36.4 Å². The van der Waals surface area contributed by atoms with Crippen molar-refractivity contribution in [1.82, 2.24) is 5.32 Å². The van der Waals surface area contributed by atoms with Crippen LogP contribution in [0.1, 0.15) is 38.2 Å². The molecule has 0 aliphatic carbocycles. The maximum Gasteiger partial charge on any atom is 0.419 e. The van der Waals surface area contributed by atoms with Gasteiger partial charge >= 0.3 is 12.4 Å². The molecule has 0 unspecified atom stereocenters. The van der Waals surface area contributed by atoms with Crippen LogP contribution in [0.25, 0.3) is 0 Å². The lowest BCUT2D eigenvalue weighted by atomic mass is 9.77. The third-order valence-corrected chi connectivity index (χ3v) is 6.30. The first-order chi connectivity index (χ1) is 19.1. The summed E-state index contributed by atoms with van der Waals surface area (Å²) < 4.78 is 138. The van der Waals surface area contributed by atoms with Gasteiger partial charge in [-0.05, 0) is 65.2 Å². The zero-order chi connectivity index (χ0) is 30.2. The van der Waals surface area contributed by atoms with E-state index >= 15 is 0 Å². The lowest BCUT2D eigenvalue weighted by molar-refractivity contribution is -0.140. The number of rotatable bonds is 6. The number of carbonyl (C=O) groups is 1. The second kappa shape index (κ2) is 10.9. The summed E-state index contributed by atoms with van der Waals surface area (Å²) in [5.74, 6) is -7.26. The van der Waals surface area contributed by atoms with E-state index in [0.717, 1.165) is 6.07 Å². The van der Waals surface area contributed by atoms with Crippen LogP contribution in [0.5, 0.6) is 0 Å². The standard InChI is InChI=1S/C29H17F10NO/c30-21-12-19(11-20(13-21)28(34,35)36)27(15-16-4-2-1-3-5-16,18-7-9-24(32)25(33)14-18)40-26(41)17-6-8-23(31)22(10-17)29(37,38)39/h1-14H,15H2,(H,40,41)/t27-/m0/s1. The van der Waals surface area contributed by atoms with Crippen molar-refractivity contribution in [2.45, 2.75) is 24.3 Å². The molecule has 2 nitrogen and oxygen atoms in total. The lowest BCUT2D eigenvalue weighted by Gasteiger charge is -2.37. The van der Waals surface area contributed by atoms with Gasteiger partial charge in [-0.2, -0.15) is 26.3 Å². The Bertz CT molecular complexity index is 1580. The average Bonchev–Trinajstić information content (AvgIpc) is 2.89. The molecule has 4 aromatic rings. The molecule has 1 N–H and O–H groups in total. The van der Waals surface area contributed by atoms with Gasteiger partial charge in [-0.3, -0.25) is 4.79 Å². The summed E-state index contributed by atoms with van der Waals surface area (Å²) in [5, 5.41) is 2.33. The molecule has 0 spiro atoms. The number of benzene rings is 4. The molecule has 1 amide bonds. The highest BCUT2D eigenvalue weighted by molar-refractivity contribution is 5.95. The normalized spacial score (nSPS) is 13.5. The second-order valence-corrected chi connectivity index (χ2v) is 9.07. The van der Waals surface area contributed by atoms with Crippen molar-refractivity contribution in [1.29, 1.82) is 0 Å². The van der Waals surface area contributed by atoms with Crippen molar-refractivity contribution in [3.05, 3.63) is 142 Å². The Morgan fingerprint density at radius 3 is 1.85 bits per heavy atom. The maximum atomic E-state index is 14.7. The van der Waals surface area contributed by atoms with Gasteiger partial charge in [0.25, 0.3) is 5.91 Å². The smallest absolute Gasteiger partial charge is 0.338 e. The number of hydrogen-bond donors (Lipinski definition) is 1. The fraction of sp³-hybridized carbons (Fsp3) is 0.138. The van der Waals surface area contributed by atoms with Crippen LogP contribution in [0.2, 0.25) is 0 Å².